The molecule has 0 atom stereocenters. The maximum absolute atomic E-state index is 8.60. The fourth-order valence-electron chi connectivity index (χ4n) is 0. The number of nitrogens with one attached hydrogen (secondary N) is 1. The van der Waals surface area contributed by atoms with E-state index < -0.39 is 10.2 Å². The highest BCUT2D eigenvalue weighted by Crippen LogP contribution is 1.79. The van der Waals surface area contributed by atoms with Gasteiger partial charge in [0.15, 0.2) is 0 Å². The first-order valence-electron chi connectivity index (χ1n) is 2.41. The van der Waals surface area contributed by atoms with E-state index in [0.717, 1.165) is 0 Å². The summed E-state index contributed by atoms with van der Waals surface area (Å²) < 4.78 is 32.7. The minimum atomic E-state index is -4.69. The molecule has 0 spiro atoms. The predicted molar refractivity (Wildman–Crippen MR) is 25.8 cm³/mol. The summed E-state index contributed by atoms with van der Waals surface area (Å²) in [7, 11) is -4.69. The molecule has 5 nitrogen and oxygen atoms in total. The Morgan fingerprint density at radius 2 is 1.50 bits per heavy atom. The number of halogens is 1. The van der Waals surface area contributed by atoms with E-state index in [-0.39, 0.29) is 0 Å². The summed E-state index contributed by atoms with van der Waals surface area (Å²) in [4.78, 5) is 0. The van der Waals surface area contributed by atoms with Crippen LogP contribution in [0, 0.1) is 21.6 Å². The van der Waals surface area contributed by atoms with Crippen molar-refractivity contribution in [1.82, 2.24) is 0 Å². The van der Waals surface area contributed by atoms with Crippen LogP contribution in [0.4, 0.5) is 0 Å². The van der Waals surface area contributed by atoms with E-state index in [9.17, 15) is 0 Å². The van der Waals surface area contributed by atoms with Crippen LogP contribution in [0.2, 0.25) is 0 Å². The van der Waals surface area contributed by atoms with E-state index in [1.165, 1.54) is 6.21 Å². The Bertz CT molecular complexity index is 83.7. The molecule has 0 fully saturated rings. The van der Waals surface area contributed by atoms with Gasteiger partial charge in [0.25, 0.3) is 0 Å². The van der Waals surface area contributed by atoms with Gasteiger partial charge in [0.05, 0.1) is 14.9 Å². The predicted octanol–water partition coefficient (Wildman–Crippen LogP) is -2.83. The molecular formula is C4H10ClNO4. The third kappa shape index (κ3) is 111. The lowest BCUT2D eigenvalue weighted by atomic mass is 10.3. The minimum absolute atomic E-state index is 0.426. The Hall–Kier alpha value is -0.200. The first-order valence-corrected chi connectivity index (χ1v) is 3.67. The van der Waals surface area contributed by atoms with Gasteiger partial charge >= 0.3 is 0 Å². The topological polar surface area (TPSA) is 113 Å². The lowest BCUT2D eigenvalue weighted by molar-refractivity contribution is -1.92. The summed E-state index contributed by atoms with van der Waals surface area (Å²) in [5.41, 5.74) is 0. The second kappa shape index (κ2) is 5.57. The third-order valence-corrected chi connectivity index (χ3v) is 0.333. The number of hydrogen-bond donors (Lipinski definition) is 2. The Balaban J connectivity index is 0. The smallest absolute Gasteiger partial charge is 0.0777 e. The van der Waals surface area contributed by atoms with Gasteiger partial charge in [-0.3, -0.25) is 0 Å². The first kappa shape index (κ1) is 12.5. The van der Waals surface area contributed by atoms with Gasteiger partial charge in [0.2, 0.25) is 0 Å². The highest BCUT2D eigenvalue weighted by Gasteiger charge is 1.98. The fourth-order valence-corrected chi connectivity index (χ4v) is 0. The summed E-state index contributed by atoms with van der Waals surface area (Å²) >= 11 is 0. The summed E-state index contributed by atoms with van der Waals surface area (Å²) in [6.07, 6.45) is 1.42. The zero-order valence-electron chi connectivity index (χ0n) is 5.70. The van der Waals surface area contributed by atoms with E-state index in [2.05, 4.69) is 0 Å². The molecule has 0 amide bonds. The monoisotopic (exact) mass is 171 g/mol. The van der Waals surface area contributed by atoms with Crippen molar-refractivity contribution in [1.29, 1.82) is 5.41 Å². The lowest BCUT2D eigenvalue weighted by Gasteiger charge is -2.03. The Kier molecular flexibility index (Phi) is 6.95. The summed E-state index contributed by atoms with van der Waals surface area (Å²) in [5.74, 6) is 0.426. The molecule has 0 aliphatic carbocycles. The largest absolute Gasteiger partial charge is 0.313 e. The van der Waals surface area contributed by atoms with Gasteiger partial charge in [-0.2, -0.15) is 14.0 Å². The van der Waals surface area contributed by atoms with Gasteiger partial charge in [-0.15, -0.1) is 0 Å². The van der Waals surface area contributed by atoms with Crippen LogP contribution in [0.25, 0.3) is 0 Å². The van der Waals surface area contributed by atoms with Crippen molar-refractivity contribution in [2.75, 3.05) is 0 Å². The standard InChI is InChI=1S/C4H9N.ClHO4/c1-4(2)3-5;2-1(3,4)5/h3-5H,1-2H3;(H,2,3,4,5). The van der Waals surface area contributed by atoms with Crippen molar-refractivity contribution in [3.05, 3.63) is 0 Å². The van der Waals surface area contributed by atoms with E-state index in [1.54, 1.807) is 0 Å². The molecule has 0 aliphatic heterocycles. The quantitative estimate of drug-likeness (QED) is 0.414. The molecule has 0 aliphatic rings. The Morgan fingerprint density at radius 1 is 1.40 bits per heavy atom. The van der Waals surface area contributed by atoms with Crippen LogP contribution >= 0.6 is 0 Å². The van der Waals surface area contributed by atoms with Gasteiger partial charge in [-0.05, 0) is 12.1 Å². The Labute approximate surface area is 61.2 Å². The lowest BCUT2D eigenvalue weighted by Crippen LogP contribution is -2.58. The van der Waals surface area contributed by atoms with Gasteiger partial charge in [0, 0.05) is 0 Å². The molecule has 62 valence electrons. The van der Waals surface area contributed by atoms with Crippen LogP contribution in [0.5, 0.6) is 0 Å². The van der Waals surface area contributed by atoms with E-state index in [4.69, 9.17) is 24.0 Å². The molecule has 0 heterocycles. The van der Waals surface area contributed by atoms with Crippen molar-refractivity contribution in [2.45, 2.75) is 13.8 Å². The average molecular weight is 172 g/mol. The molecule has 0 bridgehead atoms. The molecule has 0 saturated carbocycles. The summed E-state index contributed by atoms with van der Waals surface area (Å²) in [6, 6.07) is 0. The number of hydrogen-bond acceptors (Lipinski definition) is 5. The fraction of sp³-hybridized carbons (Fsp3) is 0.750. The molecule has 0 aromatic rings. The molecule has 0 radical (unpaired) electrons. The van der Waals surface area contributed by atoms with Crippen molar-refractivity contribution < 1.29 is 28.9 Å². The van der Waals surface area contributed by atoms with Gasteiger partial charge in [-0.1, -0.05) is 13.8 Å². The molecule has 2 N–H and O–H groups in total. The van der Waals surface area contributed by atoms with Gasteiger partial charge in [0.1, 0.15) is 0 Å². The SMILES string of the molecule is CC(C)C=N.[O-][Cl+3]([O-])([O-])O. The minimum Gasteiger partial charge on any atom is -0.313 e. The van der Waals surface area contributed by atoms with Crippen molar-refractivity contribution >= 4 is 6.21 Å². The third-order valence-electron chi connectivity index (χ3n) is 0.333. The highest BCUT2D eigenvalue weighted by molar-refractivity contribution is 5.55. The first-order chi connectivity index (χ1) is 4.27. The molecule has 0 saturated heterocycles. The molecule has 10 heavy (non-hydrogen) atoms. The van der Waals surface area contributed by atoms with E-state index in [1.807, 2.05) is 13.8 Å². The van der Waals surface area contributed by atoms with Crippen LogP contribution in [-0.2, 0) is 0 Å². The van der Waals surface area contributed by atoms with E-state index >= 15 is 0 Å². The maximum Gasteiger partial charge on any atom is 0.0777 e. The molecule has 0 aromatic carbocycles. The molecule has 6 heteroatoms. The van der Waals surface area contributed by atoms with Crippen LogP contribution in [-0.4, -0.2) is 10.9 Å². The summed E-state index contributed by atoms with van der Waals surface area (Å²) in [6.45, 7) is 3.96. The second-order valence-electron chi connectivity index (χ2n) is 1.81. The van der Waals surface area contributed by atoms with Gasteiger partial charge in [-0.25, -0.2) is 0 Å². The molecule has 0 aromatic heterocycles. The Morgan fingerprint density at radius 3 is 1.50 bits per heavy atom. The molecule has 0 unspecified atom stereocenters. The van der Waals surface area contributed by atoms with E-state index in [0.29, 0.717) is 5.92 Å². The molecule has 0 rings (SSSR count). The van der Waals surface area contributed by atoms with Crippen LogP contribution < -0.4 is 14.0 Å². The highest BCUT2D eigenvalue weighted by atomic mass is 35.7. The van der Waals surface area contributed by atoms with Crippen molar-refractivity contribution in [3.8, 4) is 0 Å². The van der Waals surface area contributed by atoms with Crippen LogP contribution in [0.3, 0.4) is 0 Å². The molecular weight excluding hydrogens is 162 g/mol. The van der Waals surface area contributed by atoms with Crippen LogP contribution in [0.15, 0.2) is 0 Å². The zero-order chi connectivity index (χ0) is 8.78. The summed E-state index contributed by atoms with van der Waals surface area (Å²) in [5, 5.41) is 6.53. The average Bonchev–Trinajstić information content (AvgIpc) is 1.61. The zero-order valence-corrected chi connectivity index (χ0v) is 6.46. The normalized spacial score (nSPS) is 10.3. The van der Waals surface area contributed by atoms with Crippen molar-refractivity contribution in [3.63, 3.8) is 0 Å². The second-order valence-corrected chi connectivity index (χ2v) is 2.60. The van der Waals surface area contributed by atoms with Crippen molar-refractivity contribution in [2.24, 2.45) is 5.92 Å². The van der Waals surface area contributed by atoms with Crippen LogP contribution in [0.1, 0.15) is 13.8 Å². The van der Waals surface area contributed by atoms with Gasteiger partial charge < -0.3 is 5.41 Å². The maximum atomic E-state index is 8.60. The number of rotatable bonds is 1.